The van der Waals surface area contributed by atoms with Gasteiger partial charge in [-0.1, -0.05) is 6.07 Å². The summed E-state index contributed by atoms with van der Waals surface area (Å²) in [6.07, 6.45) is 0. The van der Waals surface area contributed by atoms with Crippen LogP contribution < -0.4 is 10.5 Å². The van der Waals surface area contributed by atoms with Crippen molar-refractivity contribution in [3.8, 4) is 5.75 Å². The maximum absolute atomic E-state index is 11.6. The Morgan fingerprint density at radius 3 is 2.75 bits per heavy atom. The molecule has 0 aliphatic rings. The number of carbonyl (C=O) groups is 1. The molecule has 0 heterocycles. The summed E-state index contributed by atoms with van der Waals surface area (Å²) in [5.41, 5.74) is 4.33. The predicted octanol–water partition coefficient (Wildman–Crippen LogP) is 2.02. The van der Waals surface area contributed by atoms with Gasteiger partial charge >= 0.3 is 5.97 Å². The van der Waals surface area contributed by atoms with Crippen molar-refractivity contribution in [3.05, 3.63) is 32.8 Å². The number of hydrogen-bond acceptors (Lipinski definition) is 6. The fourth-order valence-electron chi connectivity index (χ4n) is 1.33. The molecule has 110 valence electrons. The van der Waals surface area contributed by atoms with Crippen LogP contribution in [-0.2, 0) is 9.53 Å². The average Bonchev–Trinajstić information content (AvgIpc) is 2.37. The number of ether oxygens (including phenoxy) is 2. The van der Waals surface area contributed by atoms with Crippen LogP contribution in [0, 0.1) is 10.1 Å². The van der Waals surface area contributed by atoms with Gasteiger partial charge in [0, 0.05) is 6.07 Å². The van der Waals surface area contributed by atoms with Gasteiger partial charge in [-0.3, -0.25) is 10.1 Å². The smallest absolute Gasteiger partial charge is 0.329 e. The molecule has 0 radical (unpaired) electrons. The Morgan fingerprint density at radius 1 is 1.55 bits per heavy atom. The van der Waals surface area contributed by atoms with E-state index in [0.717, 1.165) is 0 Å². The standard InChI is InChI=1S/C12H15BrN2O5/c1-3-19-11(16)12(2,14)7-20-9-6-4-5-8(10(9)13)15(17)18/h4-6H,3,7,14H2,1-2H3. The summed E-state index contributed by atoms with van der Waals surface area (Å²) in [6.45, 7) is 3.19. The molecule has 1 aromatic rings. The molecule has 7 nitrogen and oxygen atoms in total. The molecule has 0 aromatic heterocycles. The van der Waals surface area contributed by atoms with Crippen molar-refractivity contribution in [3.63, 3.8) is 0 Å². The third-order valence-electron chi connectivity index (χ3n) is 2.41. The average molecular weight is 347 g/mol. The number of nitro groups is 1. The van der Waals surface area contributed by atoms with E-state index >= 15 is 0 Å². The highest BCUT2D eigenvalue weighted by Crippen LogP contribution is 2.34. The number of rotatable bonds is 6. The summed E-state index contributed by atoms with van der Waals surface area (Å²) in [4.78, 5) is 21.9. The Labute approximate surface area is 124 Å². The summed E-state index contributed by atoms with van der Waals surface area (Å²) >= 11 is 3.09. The Hall–Kier alpha value is -1.67. The topological polar surface area (TPSA) is 105 Å². The fourth-order valence-corrected chi connectivity index (χ4v) is 1.86. The van der Waals surface area contributed by atoms with Gasteiger partial charge in [-0.25, -0.2) is 4.79 Å². The molecule has 0 saturated carbocycles. The van der Waals surface area contributed by atoms with Crippen LogP contribution in [0.2, 0.25) is 0 Å². The first kappa shape index (κ1) is 16.4. The highest BCUT2D eigenvalue weighted by molar-refractivity contribution is 9.10. The number of hydrogen-bond donors (Lipinski definition) is 1. The first-order chi connectivity index (χ1) is 9.29. The minimum Gasteiger partial charge on any atom is -0.490 e. The molecular weight excluding hydrogens is 332 g/mol. The first-order valence-electron chi connectivity index (χ1n) is 5.81. The summed E-state index contributed by atoms with van der Waals surface area (Å²) < 4.78 is 10.4. The maximum Gasteiger partial charge on any atom is 0.329 e. The van der Waals surface area contributed by atoms with E-state index in [1.165, 1.54) is 25.1 Å². The molecule has 20 heavy (non-hydrogen) atoms. The Balaban J connectivity index is 2.83. The second kappa shape index (κ2) is 6.67. The van der Waals surface area contributed by atoms with Gasteiger partial charge in [0.05, 0.1) is 11.5 Å². The van der Waals surface area contributed by atoms with Gasteiger partial charge in [-0.2, -0.15) is 0 Å². The highest BCUT2D eigenvalue weighted by Gasteiger charge is 2.31. The second-order valence-corrected chi connectivity index (χ2v) is 5.07. The molecule has 0 spiro atoms. The van der Waals surface area contributed by atoms with Crippen LogP contribution in [0.1, 0.15) is 13.8 Å². The van der Waals surface area contributed by atoms with E-state index in [9.17, 15) is 14.9 Å². The van der Waals surface area contributed by atoms with Gasteiger partial charge in [0.25, 0.3) is 5.69 Å². The van der Waals surface area contributed by atoms with Crippen LogP contribution in [0.5, 0.6) is 5.75 Å². The monoisotopic (exact) mass is 346 g/mol. The van der Waals surface area contributed by atoms with Gasteiger partial charge in [-0.05, 0) is 35.8 Å². The minimum absolute atomic E-state index is 0.127. The highest BCUT2D eigenvalue weighted by atomic mass is 79.9. The van der Waals surface area contributed by atoms with Gasteiger partial charge in [0.1, 0.15) is 22.4 Å². The van der Waals surface area contributed by atoms with Crippen LogP contribution >= 0.6 is 15.9 Å². The molecule has 1 rings (SSSR count). The molecule has 0 fully saturated rings. The summed E-state index contributed by atoms with van der Waals surface area (Å²) in [5, 5.41) is 10.8. The molecule has 0 aliphatic heterocycles. The van der Waals surface area contributed by atoms with Gasteiger partial charge in [-0.15, -0.1) is 0 Å². The lowest BCUT2D eigenvalue weighted by molar-refractivity contribution is -0.385. The second-order valence-electron chi connectivity index (χ2n) is 4.27. The summed E-state index contributed by atoms with van der Waals surface area (Å²) in [7, 11) is 0. The van der Waals surface area contributed by atoms with E-state index < -0.39 is 16.4 Å². The molecule has 0 saturated heterocycles. The summed E-state index contributed by atoms with van der Waals surface area (Å²) in [6, 6.07) is 4.36. The lowest BCUT2D eigenvalue weighted by Gasteiger charge is -2.22. The molecule has 0 aliphatic carbocycles. The van der Waals surface area contributed by atoms with Gasteiger partial charge < -0.3 is 15.2 Å². The van der Waals surface area contributed by atoms with E-state index in [1.807, 2.05) is 0 Å². The lowest BCUT2D eigenvalue weighted by Crippen LogP contribution is -2.51. The van der Waals surface area contributed by atoms with Crippen molar-refractivity contribution in [2.24, 2.45) is 5.73 Å². The number of benzene rings is 1. The first-order valence-corrected chi connectivity index (χ1v) is 6.60. The molecule has 1 aromatic carbocycles. The van der Waals surface area contributed by atoms with E-state index in [4.69, 9.17) is 15.2 Å². The third kappa shape index (κ3) is 3.91. The van der Waals surface area contributed by atoms with Gasteiger partial charge in [0.2, 0.25) is 0 Å². The van der Waals surface area contributed by atoms with E-state index in [1.54, 1.807) is 6.92 Å². The van der Waals surface area contributed by atoms with Crippen molar-refractivity contribution < 1.29 is 19.2 Å². The molecule has 2 N–H and O–H groups in total. The van der Waals surface area contributed by atoms with Crippen molar-refractivity contribution in [2.75, 3.05) is 13.2 Å². The Kier molecular flexibility index (Phi) is 5.46. The minimum atomic E-state index is -1.33. The zero-order chi connectivity index (χ0) is 15.3. The number of nitro benzene ring substituents is 1. The summed E-state index contributed by atoms with van der Waals surface area (Å²) in [5.74, 6) is -0.360. The van der Waals surface area contributed by atoms with Crippen LogP contribution in [0.3, 0.4) is 0 Å². The Morgan fingerprint density at radius 2 is 2.20 bits per heavy atom. The van der Waals surface area contributed by atoms with Crippen molar-refractivity contribution in [1.82, 2.24) is 0 Å². The number of nitrogens with zero attached hydrogens (tertiary/aromatic N) is 1. The SMILES string of the molecule is CCOC(=O)C(C)(N)COc1cccc([N+](=O)[O-])c1Br. The Bertz CT molecular complexity index is 519. The zero-order valence-electron chi connectivity index (χ0n) is 11.1. The molecular formula is C12H15BrN2O5. The normalized spacial score (nSPS) is 13.4. The lowest BCUT2D eigenvalue weighted by atomic mass is 10.1. The van der Waals surface area contributed by atoms with Crippen LogP contribution in [-0.4, -0.2) is 29.6 Å². The van der Waals surface area contributed by atoms with E-state index in [0.29, 0.717) is 0 Å². The van der Waals surface area contributed by atoms with Gasteiger partial charge in [0.15, 0.2) is 0 Å². The quantitative estimate of drug-likeness (QED) is 0.480. The van der Waals surface area contributed by atoms with Crippen LogP contribution in [0.15, 0.2) is 22.7 Å². The number of carbonyl (C=O) groups excluding carboxylic acids is 1. The van der Waals surface area contributed by atoms with E-state index in [-0.39, 0.29) is 29.1 Å². The fraction of sp³-hybridized carbons (Fsp3) is 0.417. The number of nitrogens with two attached hydrogens (primary N) is 1. The molecule has 8 heteroatoms. The molecule has 0 bridgehead atoms. The van der Waals surface area contributed by atoms with Crippen molar-refractivity contribution in [1.29, 1.82) is 0 Å². The van der Waals surface area contributed by atoms with Crippen molar-refractivity contribution in [2.45, 2.75) is 19.4 Å². The zero-order valence-corrected chi connectivity index (χ0v) is 12.7. The van der Waals surface area contributed by atoms with E-state index in [2.05, 4.69) is 15.9 Å². The largest absolute Gasteiger partial charge is 0.490 e. The molecule has 0 amide bonds. The van der Waals surface area contributed by atoms with Crippen molar-refractivity contribution >= 4 is 27.6 Å². The third-order valence-corrected chi connectivity index (χ3v) is 3.21. The maximum atomic E-state index is 11.6. The number of esters is 1. The van der Waals surface area contributed by atoms with Crippen LogP contribution in [0.4, 0.5) is 5.69 Å². The predicted molar refractivity (Wildman–Crippen MR) is 75.5 cm³/mol. The van der Waals surface area contributed by atoms with Crippen LogP contribution in [0.25, 0.3) is 0 Å². The number of halogens is 1. The molecule has 1 unspecified atom stereocenters. The molecule has 1 atom stereocenters.